The van der Waals surface area contributed by atoms with Crippen LogP contribution in [0.25, 0.3) is 5.57 Å². The number of anilines is 2. The van der Waals surface area contributed by atoms with Gasteiger partial charge in [0.25, 0.3) is 0 Å². The van der Waals surface area contributed by atoms with Crippen LogP contribution in [0.3, 0.4) is 0 Å². The first-order valence-electron chi connectivity index (χ1n) is 7.71. The molecule has 3 rings (SSSR count). The molecule has 0 atom stereocenters. The molecule has 2 aromatic rings. The van der Waals surface area contributed by atoms with E-state index in [4.69, 9.17) is 5.73 Å². The Kier molecular flexibility index (Phi) is 3.51. The quantitative estimate of drug-likeness (QED) is 0.866. The van der Waals surface area contributed by atoms with Crippen molar-refractivity contribution in [1.29, 1.82) is 0 Å². The summed E-state index contributed by atoms with van der Waals surface area (Å²) in [5.74, 6) is 0.397. The molecule has 1 aromatic heterocycles. The lowest BCUT2D eigenvalue weighted by Crippen LogP contribution is -2.42. The zero-order valence-electron chi connectivity index (χ0n) is 14.3. The number of rotatable bonds is 2. The smallest absolute Gasteiger partial charge is 0.221 e. The van der Waals surface area contributed by atoms with Crippen molar-refractivity contribution in [3.8, 4) is 0 Å². The van der Waals surface area contributed by atoms with Gasteiger partial charge in [-0.1, -0.05) is 12.1 Å². The van der Waals surface area contributed by atoms with Gasteiger partial charge >= 0.3 is 0 Å². The molecule has 120 valence electrons. The first kappa shape index (κ1) is 15.3. The fourth-order valence-electron chi connectivity index (χ4n) is 2.98. The molecule has 2 N–H and O–H groups in total. The van der Waals surface area contributed by atoms with E-state index in [2.05, 4.69) is 67.1 Å². The van der Waals surface area contributed by atoms with E-state index in [0.717, 1.165) is 11.3 Å². The van der Waals surface area contributed by atoms with Crippen molar-refractivity contribution in [2.45, 2.75) is 33.2 Å². The van der Waals surface area contributed by atoms with Crippen LogP contribution >= 0.6 is 0 Å². The SMILES string of the molecule is CC1=CC(C)(C)N(C)c2ccc(C=Nn3cc(C)nc3N)cc21. The molecule has 1 aliphatic heterocycles. The van der Waals surface area contributed by atoms with Crippen LogP contribution in [0.15, 0.2) is 35.6 Å². The standard InChI is InChI=1S/C18H23N5/c1-12-9-18(3,4)22(5)16-7-6-14(8-15(12)16)10-20-23-11-13(2)21-17(23)19/h6-11H,1-5H3,(H2,19,21). The maximum Gasteiger partial charge on any atom is 0.221 e. The van der Waals surface area contributed by atoms with Crippen molar-refractivity contribution in [3.63, 3.8) is 0 Å². The third-order valence-corrected chi connectivity index (χ3v) is 4.41. The number of nitrogens with two attached hydrogens (primary N) is 1. The lowest BCUT2D eigenvalue weighted by molar-refractivity contribution is 0.598. The van der Waals surface area contributed by atoms with E-state index in [1.807, 2.05) is 19.3 Å². The second-order valence-corrected chi connectivity index (χ2v) is 6.65. The highest BCUT2D eigenvalue weighted by molar-refractivity contribution is 5.87. The first-order valence-corrected chi connectivity index (χ1v) is 7.71. The summed E-state index contributed by atoms with van der Waals surface area (Å²) in [6, 6.07) is 6.39. The summed E-state index contributed by atoms with van der Waals surface area (Å²) in [6.45, 7) is 8.50. The van der Waals surface area contributed by atoms with Crippen LogP contribution in [0.1, 0.15) is 37.6 Å². The Morgan fingerprint density at radius 2 is 2.00 bits per heavy atom. The minimum atomic E-state index is 0.0233. The molecule has 5 heteroatoms. The summed E-state index contributed by atoms with van der Waals surface area (Å²) in [6.07, 6.45) is 5.92. The van der Waals surface area contributed by atoms with Crippen LogP contribution in [0.5, 0.6) is 0 Å². The summed E-state index contributed by atoms with van der Waals surface area (Å²) in [4.78, 5) is 6.44. The van der Waals surface area contributed by atoms with Crippen LogP contribution in [-0.2, 0) is 0 Å². The summed E-state index contributed by atoms with van der Waals surface area (Å²) in [5, 5.41) is 4.39. The van der Waals surface area contributed by atoms with E-state index in [1.54, 1.807) is 4.68 Å². The Hall–Kier alpha value is -2.56. The number of aryl methyl sites for hydroxylation is 1. The van der Waals surface area contributed by atoms with E-state index in [0.29, 0.717) is 5.95 Å². The number of hydrogen-bond donors (Lipinski definition) is 1. The molecule has 1 aliphatic rings. The van der Waals surface area contributed by atoms with Crippen molar-refractivity contribution < 1.29 is 0 Å². The van der Waals surface area contributed by atoms with Gasteiger partial charge in [-0.25, -0.2) is 9.66 Å². The number of nitrogens with zero attached hydrogens (tertiary/aromatic N) is 4. The molecular formula is C18H23N5. The normalized spacial score (nSPS) is 16.6. The van der Waals surface area contributed by atoms with Crippen molar-refractivity contribution in [2.24, 2.45) is 5.10 Å². The molecule has 0 saturated heterocycles. The van der Waals surface area contributed by atoms with Crippen LogP contribution in [-0.4, -0.2) is 28.5 Å². The highest BCUT2D eigenvalue weighted by Crippen LogP contribution is 2.37. The van der Waals surface area contributed by atoms with Gasteiger partial charge in [-0.15, -0.1) is 0 Å². The van der Waals surface area contributed by atoms with Crippen LogP contribution in [0.2, 0.25) is 0 Å². The van der Waals surface area contributed by atoms with Gasteiger partial charge < -0.3 is 10.6 Å². The Balaban J connectivity index is 1.96. The number of benzene rings is 1. The number of allylic oxidation sites excluding steroid dienone is 1. The molecule has 0 radical (unpaired) electrons. The number of hydrogen-bond acceptors (Lipinski definition) is 4. The van der Waals surface area contributed by atoms with Crippen molar-refractivity contribution >= 4 is 23.4 Å². The summed E-state index contributed by atoms with van der Waals surface area (Å²) < 4.78 is 1.59. The monoisotopic (exact) mass is 309 g/mol. The van der Waals surface area contributed by atoms with Gasteiger partial charge in [-0.2, -0.15) is 5.10 Å². The zero-order valence-corrected chi connectivity index (χ0v) is 14.3. The number of imidazole rings is 1. The predicted molar refractivity (Wildman–Crippen MR) is 96.9 cm³/mol. The van der Waals surface area contributed by atoms with Gasteiger partial charge in [-0.3, -0.25) is 0 Å². The highest BCUT2D eigenvalue weighted by Gasteiger charge is 2.28. The Bertz CT molecular complexity index is 811. The van der Waals surface area contributed by atoms with Crippen LogP contribution in [0.4, 0.5) is 11.6 Å². The Morgan fingerprint density at radius 1 is 1.26 bits per heavy atom. The van der Waals surface area contributed by atoms with Crippen molar-refractivity contribution in [3.05, 3.63) is 47.3 Å². The lowest BCUT2D eigenvalue weighted by atomic mass is 9.89. The van der Waals surface area contributed by atoms with Crippen LogP contribution < -0.4 is 10.6 Å². The number of aromatic nitrogens is 2. The lowest BCUT2D eigenvalue weighted by Gasteiger charge is -2.40. The van der Waals surface area contributed by atoms with E-state index in [1.165, 1.54) is 16.8 Å². The summed E-state index contributed by atoms with van der Waals surface area (Å²) in [7, 11) is 2.13. The second kappa shape index (κ2) is 5.26. The Morgan fingerprint density at radius 3 is 2.65 bits per heavy atom. The summed E-state index contributed by atoms with van der Waals surface area (Å²) >= 11 is 0. The molecule has 0 spiro atoms. The van der Waals surface area contributed by atoms with E-state index in [9.17, 15) is 0 Å². The molecule has 0 saturated carbocycles. The molecule has 5 nitrogen and oxygen atoms in total. The van der Waals surface area contributed by atoms with Gasteiger partial charge in [0.15, 0.2) is 0 Å². The third-order valence-electron chi connectivity index (χ3n) is 4.41. The number of fused-ring (bicyclic) bond motifs is 1. The van der Waals surface area contributed by atoms with Gasteiger partial charge in [-0.05, 0) is 51.0 Å². The molecule has 23 heavy (non-hydrogen) atoms. The molecule has 0 aliphatic carbocycles. The molecule has 0 bridgehead atoms. The van der Waals surface area contributed by atoms with E-state index < -0.39 is 0 Å². The fourth-order valence-corrected chi connectivity index (χ4v) is 2.98. The van der Waals surface area contributed by atoms with Crippen molar-refractivity contribution in [2.75, 3.05) is 17.7 Å². The average molecular weight is 309 g/mol. The topological polar surface area (TPSA) is 59.4 Å². The number of likely N-dealkylation sites (N-methyl/N-ethyl adjacent to an activating group) is 1. The maximum absolute atomic E-state index is 5.81. The van der Waals surface area contributed by atoms with E-state index >= 15 is 0 Å². The van der Waals surface area contributed by atoms with Gasteiger partial charge in [0.2, 0.25) is 5.95 Å². The predicted octanol–water partition coefficient (Wildman–Crippen LogP) is 3.29. The largest absolute Gasteiger partial charge is 0.368 e. The fraction of sp³-hybridized carbons (Fsp3) is 0.333. The minimum absolute atomic E-state index is 0.0233. The van der Waals surface area contributed by atoms with E-state index in [-0.39, 0.29) is 5.54 Å². The second-order valence-electron chi connectivity index (χ2n) is 6.65. The highest BCUT2D eigenvalue weighted by atomic mass is 15.4. The molecular weight excluding hydrogens is 286 g/mol. The molecule has 0 fully saturated rings. The van der Waals surface area contributed by atoms with Crippen LogP contribution in [0, 0.1) is 6.92 Å². The van der Waals surface area contributed by atoms with Gasteiger partial charge in [0.1, 0.15) is 0 Å². The number of nitrogen functional groups attached to an aromatic ring is 1. The average Bonchev–Trinajstić information content (AvgIpc) is 2.80. The third kappa shape index (κ3) is 2.74. The molecule has 0 unspecified atom stereocenters. The minimum Gasteiger partial charge on any atom is -0.368 e. The molecule has 1 aromatic carbocycles. The molecule has 2 heterocycles. The Labute approximate surface area is 137 Å². The van der Waals surface area contributed by atoms with Gasteiger partial charge in [0.05, 0.1) is 23.6 Å². The van der Waals surface area contributed by atoms with Crippen molar-refractivity contribution in [1.82, 2.24) is 9.66 Å². The molecule has 0 amide bonds. The van der Waals surface area contributed by atoms with Gasteiger partial charge in [0, 0.05) is 18.3 Å². The zero-order chi connectivity index (χ0) is 16.8. The summed E-state index contributed by atoms with van der Waals surface area (Å²) in [5.41, 5.74) is 11.5. The first-order chi connectivity index (χ1) is 10.8. The maximum atomic E-state index is 5.81.